The molecule has 17 heavy (non-hydrogen) atoms. The summed E-state index contributed by atoms with van der Waals surface area (Å²) in [6.07, 6.45) is 0. The summed E-state index contributed by atoms with van der Waals surface area (Å²) in [5.74, 6) is 0. The Labute approximate surface area is 109 Å². The molecule has 0 bridgehead atoms. The van der Waals surface area contributed by atoms with E-state index in [1.54, 1.807) is 10.1 Å². The molecule has 0 unspecified atom stereocenters. The molecule has 3 heterocycles. The Hall–Kier alpha value is -1.31. The second kappa shape index (κ2) is 4.17. The second-order valence-corrected chi connectivity index (χ2v) is 5.49. The van der Waals surface area contributed by atoms with Crippen molar-refractivity contribution in [2.75, 3.05) is 0 Å². The lowest BCUT2D eigenvalue weighted by Crippen LogP contribution is -2.22. The first-order valence-electron chi connectivity index (χ1n) is 4.83. The standard InChI is InChI=1S/C10H7N3OS3/c14-9-7-1-2-17-8(7)12-10(15)13(9)3-6-4-16-5-11-6/h1-2,4-5H,3H2,(H,12,15). The quantitative estimate of drug-likeness (QED) is 0.735. The first kappa shape index (κ1) is 10.8. The van der Waals surface area contributed by atoms with Gasteiger partial charge in [0.15, 0.2) is 4.77 Å². The van der Waals surface area contributed by atoms with Gasteiger partial charge in [-0.05, 0) is 23.7 Å². The fraction of sp³-hybridized carbons (Fsp3) is 0.100. The van der Waals surface area contributed by atoms with E-state index >= 15 is 0 Å². The van der Waals surface area contributed by atoms with E-state index in [1.807, 2.05) is 16.8 Å². The molecule has 0 aliphatic heterocycles. The summed E-state index contributed by atoms with van der Waals surface area (Å²) in [4.78, 5) is 20.2. The number of hydrogen-bond acceptors (Lipinski definition) is 5. The van der Waals surface area contributed by atoms with Crippen LogP contribution in [0.25, 0.3) is 10.2 Å². The largest absolute Gasteiger partial charge is 0.323 e. The molecule has 0 saturated heterocycles. The maximum absolute atomic E-state index is 12.2. The molecule has 0 spiro atoms. The van der Waals surface area contributed by atoms with Crippen molar-refractivity contribution in [3.05, 3.63) is 43.2 Å². The minimum atomic E-state index is -0.0574. The van der Waals surface area contributed by atoms with Gasteiger partial charge in [-0.1, -0.05) is 0 Å². The third kappa shape index (κ3) is 1.86. The van der Waals surface area contributed by atoms with E-state index < -0.39 is 0 Å². The number of rotatable bonds is 2. The number of aromatic nitrogens is 3. The van der Waals surface area contributed by atoms with Gasteiger partial charge >= 0.3 is 0 Å². The number of nitrogens with zero attached hydrogens (tertiary/aromatic N) is 2. The molecule has 0 amide bonds. The van der Waals surface area contributed by atoms with Gasteiger partial charge in [-0.2, -0.15) is 0 Å². The molecule has 1 N–H and O–H groups in total. The van der Waals surface area contributed by atoms with Crippen LogP contribution in [0.2, 0.25) is 0 Å². The molecule has 0 saturated carbocycles. The average molecular weight is 281 g/mol. The number of thiazole rings is 1. The van der Waals surface area contributed by atoms with E-state index in [0.717, 1.165) is 10.5 Å². The highest BCUT2D eigenvalue weighted by Crippen LogP contribution is 2.14. The van der Waals surface area contributed by atoms with Gasteiger partial charge in [0.05, 0.1) is 23.1 Å². The zero-order valence-electron chi connectivity index (χ0n) is 8.54. The molecule has 0 fully saturated rings. The lowest BCUT2D eigenvalue weighted by Gasteiger charge is -2.03. The van der Waals surface area contributed by atoms with Crippen molar-refractivity contribution in [3.8, 4) is 0 Å². The van der Waals surface area contributed by atoms with Crippen molar-refractivity contribution in [1.29, 1.82) is 0 Å². The average Bonchev–Trinajstić information content (AvgIpc) is 2.94. The Balaban J connectivity index is 2.22. The summed E-state index contributed by atoms with van der Waals surface area (Å²) < 4.78 is 1.98. The lowest BCUT2D eigenvalue weighted by molar-refractivity contribution is 0.722. The van der Waals surface area contributed by atoms with E-state index in [-0.39, 0.29) is 5.56 Å². The predicted octanol–water partition coefficient (Wildman–Crippen LogP) is 2.63. The first-order valence-corrected chi connectivity index (χ1v) is 7.06. The molecule has 3 aromatic rings. The molecule has 3 aromatic heterocycles. The minimum Gasteiger partial charge on any atom is -0.323 e. The fourth-order valence-electron chi connectivity index (χ4n) is 1.60. The smallest absolute Gasteiger partial charge is 0.263 e. The highest BCUT2D eigenvalue weighted by molar-refractivity contribution is 7.71. The zero-order chi connectivity index (χ0) is 11.8. The SMILES string of the molecule is O=c1c2ccsc2[nH]c(=S)n1Cc1cscn1. The van der Waals surface area contributed by atoms with Crippen molar-refractivity contribution in [2.24, 2.45) is 0 Å². The summed E-state index contributed by atoms with van der Waals surface area (Å²) in [7, 11) is 0. The summed E-state index contributed by atoms with van der Waals surface area (Å²) in [6.45, 7) is 0.420. The van der Waals surface area contributed by atoms with E-state index in [1.165, 1.54) is 22.7 Å². The Morgan fingerprint density at radius 3 is 3.18 bits per heavy atom. The van der Waals surface area contributed by atoms with Crippen LogP contribution in [-0.2, 0) is 6.54 Å². The Bertz CT molecular complexity index is 766. The topological polar surface area (TPSA) is 50.7 Å². The molecule has 0 radical (unpaired) electrons. The first-order chi connectivity index (χ1) is 8.25. The third-order valence-corrected chi connectivity index (χ3v) is 4.20. The van der Waals surface area contributed by atoms with Gasteiger partial charge in [-0.3, -0.25) is 9.36 Å². The van der Waals surface area contributed by atoms with Crippen LogP contribution >= 0.6 is 34.9 Å². The van der Waals surface area contributed by atoms with E-state index in [4.69, 9.17) is 12.2 Å². The van der Waals surface area contributed by atoms with Gasteiger partial charge in [-0.15, -0.1) is 22.7 Å². The maximum atomic E-state index is 12.2. The Morgan fingerprint density at radius 2 is 2.41 bits per heavy atom. The number of hydrogen-bond donors (Lipinski definition) is 1. The Kier molecular flexibility index (Phi) is 2.65. The highest BCUT2D eigenvalue weighted by Gasteiger charge is 2.07. The molecular formula is C10H7N3OS3. The van der Waals surface area contributed by atoms with Crippen LogP contribution in [0.1, 0.15) is 5.69 Å². The van der Waals surface area contributed by atoms with E-state index in [0.29, 0.717) is 16.7 Å². The molecule has 4 nitrogen and oxygen atoms in total. The van der Waals surface area contributed by atoms with Crippen molar-refractivity contribution >= 4 is 45.1 Å². The molecule has 0 aromatic carbocycles. The minimum absolute atomic E-state index is 0.0574. The number of H-pyrrole nitrogens is 1. The van der Waals surface area contributed by atoms with Gasteiger partial charge < -0.3 is 4.98 Å². The lowest BCUT2D eigenvalue weighted by atomic mass is 10.4. The van der Waals surface area contributed by atoms with Crippen molar-refractivity contribution in [2.45, 2.75) is 6.54 Å². The molecule has 0 aliphatic carbocycles. The molecule has 0 aliphatic rings. The number of nitrogens with one attached hydrogen (secondary N) is 1. The normalized spacial score (nSPS) is 11.1. The van der Waals surface area contributed by atoms with Crippen molar-refractivity contribution in [3.63, 3.8) is 0 Å². The molecule has 7 heteroatoms. The number of fused-ring (bicyclic) bond motifs is 1. The zero-order valence-corrected chi connectivity index (χ0v) is 11.0. The van der Waals surface area contributed by atoms with Gasteiger partial charge in [0.1, 0.15) is 4.83 Å². The summed E-state index contributed by atoms with van der Waals surface area (Å²) in [5, 5.41) is 4.47. The van der Waals surface area contributed by atoms with Gasteiger partial charge in [0, 0.05) is 5.38 Å². The third-order valence-electron chi connectivity index (χ3n) is 2.41. The van der Waals surface area contributed by atoms with Crippen molar-refractivity contribution < 1.29 is 0 Å². The fourth-order valence-corrected chi connectivity index (χ4v) is 3.24. The summed E-state index contributed by atoms with van der Waals surface area (Å²) >= 11 is 8.19. The number of thiophene rings is 1. The Morgan fingerprint density at radius 1 is 1.53 bits per heavy atom. The van der Waals surface area contributed by atoms with Crippen LogP contribution in [0.15, 0.2) is 27.1 Å². The van der Waals surface area contributed by atoms with Gasteiger partial charge in [0.25, 0.3) is 5.56 Å². The highest BCUT2D eigenvalue weighted by atomic mass is 32.1. The summed E-state index contributed by atoms with van der Waals surface area (Å²) in [6, 6.07) is 1.81. The molecule has 0 atom stereocenters. The van der Waals surface area contributed by atoms with Crippen LogP contribution in [0.4, 0.5) is 0 Å². The summed E-state index contributed by atoms with van der Waals surface area (Å²) in [5.41, 5.74) is 2.54. The van der Waals surface area contributed by atoms with Crippen LogP contribution in [0.3, 0.4) is 0 Å². The van der Waals surface area contributed by atoms with E-state index in [9.17, 15) is 4.79 Å². The maximum Gasteiger partial charge on any atom is 0.263 e. The van der Waals surface area contributed by atoms with Gasteiger partial charge in [-0.25, -0.2) is 4.98 Å². The van der Waals surface area contributed by atoms with Crippen LogP contribution < -0.4 is 5.56 Å². The molecule has 86 valence electrons. The molecule has 3 rings (SSSR count). The predicted molar refractivity (Wildman–Crippen MR) is 72.5 cm³/mol. The van der Waals surface area contributed by atoms with Crippen LogP contribution in [-0.4, -0.2) is 14.5 Å². The number of aromatic amines is 1. The molecular weight excluding hydrogens is 274 g/mol. The van der Waals surface area contributed by atoms with Gasteiger partial charge in [0.2, 0.25) is 0 Å². The van der Waals surface area contributed by atoms with Crippen LogP contribution in [0.5, 0.6) is 0 Å². The van der Waals surface area contributed by atoms with Crippen molar-refractivity contribution in [1.82, 2.24) is 14.5 Å². The monoisotopic (exact) mass is 281 g/mol. The van der Waals surface area contributed by atoms with E-state index in [2.05, 4.69) is 9.97 Å². The van der Waals surface area contributed by atoms with Crippen LogP contribution in [0, 0.1) is 4.77 Å². The second-order valence-electron chi connectivity index (χ2n) is 3.46.